The third kappa shape index (κ3) is 1.69. The van der Waals surface area contributed by atoms with Crippen molar-refractivity contribution in [1.29, 1.82) is 0 Å². The van der Waals surface area contributed by atoms with Gasteiger partial charge in [-0.15, -0.1) is 0 Å². The summed E-state index contributed by atoms with van der Waals surface area (Å²) in [5.41, 5.74) is 0. The Hall–Kier alpha value is 1.08. The summed E-state index contributed by atoms with van der Waals surface area (Å²) >= 11 is 3.36. The first-order chi connectivity index (χ1) is 2.30. The third-order valence-electron chi connectivity index (χ3n) is 0.876. The quantitative estimate of drug-likeness (QED) is 0.298. The minimum Gasteiger partial charge on any atom is -0.317 e. The molecule has 1 atom stereocenters. The fourth-order valence-electron chi connectivity index (χ4n) is 0.234. The molecule has 6 heavy (non-hydrogen) atoms. The molecule has 0 aromatic rings. The molecule has 1 aliphatic rings. The van der Waals surface area contributed by atoms with Crippen molar-refractivity contribution in [2.45, 2.75) is 13.3 Å². The van der Waals surface area contributed by atoms with Crippen molar-refractivity contribution < 1.29 is 18.9 Å². The summed E-state index contributed by atoms with van der Waals surface area (Å²) in [5, 5.41) is 0. The van der Waals surface area contributed by atoms with Crippen LogP contribution in [0.3, 0.4) is 0 Å². The van der Waals surface area contributed by atoms with Crippen LogP contribution in [0, 0.1) is 10.7 Å². The Labute approximate surface area is 59.0 Å². The van der Waals surface area contributed by atoms with Gasteiger partial charge in [0.05, 0.1) is 0 Å². The van der Waals surface area contributed by atoms with Gasteiger partial charge in [0, 0.05) is 0 Å². The first-order valence-corrected chi connectivity index (χ1v) is 2.61. The van der Waals surface area contributed by atoms with Crippen molar-refractivity contribution in [3.8, 4) is 0 Å². The van der Waals surface area contributed by atoms with Gasteiger partial charge in [-0.2, -0.15) is 12.3 Å². The molecule has 0 radical (unpaired) electrons. The van der Waals surface area contributed by atoms with Crippen LogP contribution in [0.5, 0.6) is 0 Å². The summed E-state index contributed by atoms with van der Waals surface area (Å²) in [7, 11) is 0. The van der Waals surface area contributed by atoms with E-state index in [0.717, 1.165) is 5.92 Å². The number of halogens is 1. The van der Waals surface area contributed by atoms with E-state index < -0.39 is 0 Å². The molecule has 0 heterocycles. The van der Waals surface area contributed by atoms with E-state index >= 15 is 0 Å². The normalized spacial score (nSPS) is 32.0. The van der Waals surface area contributed by atoms with Crippen LogP contribution >= 0.6 is 15.9 Å². The van der Waals surface area contributed by atoms with Crippen molar-refractivity contribution in [2.75, 3.05) is 0 Å². The van der Waals surface area contributed by atoms with Crippen LogP contribution in [0.15, 0.2) is 0 Å². The molecule has 0 bridgehead atoms. The molecular weight excluding hydrogens is 135 g/mol. The van der Waals surface area contributed by atoms with Gasteiger partial charge in [-0.05, 0) is 0 Å². The van der Waals surface area contributed by atoms with Gasteiger partial charge in [0.1, 0.15) is 0 Å². The Morgan fingerprint density at radius 2 is 2.00 bits per heavy atom. The van der Waals surface area contributed by atoms with Gasteiger partial charge in [0.25, 0.3) is 0 Å². The van der Waals surface area contributed by atoms with Crippen LogP contribution in [0.1, 0.15) is 13.3 Å². The zero-order valence-electron chi connectivity index (χ0n) is 4.16. The van der Waals surface area contributed by atoms with Gasteiger partial charge < -0.3 is 15.9 Å². The Morgan fingerprint density at radius 1 is 1.83 bits per heavy atom. The first kappa shape index (κ1) is 7.08. The summed E-state index contributed by atoms with van der Waals surface area (Å²) < 4.78 is 0. The standard InChI is InChI=1S/C4H6Br.Li/c1-3-2-4(3)5;/h3H,2H2,1H3;/q-1;+1. The summed E-state index contributed by atoms with van der Waals surface area (Å²) in [6, 6.07) is 0. The Kier molecular flexibility index (Phi) is 2.83. The molecular formula is C4H6BrLi. The molecule has 1 rings (SSSR count). The van der Waals surface area contributed by atoms with E-state index in [4.69, 9.17) is 0 Å². The summed E-state index contributed by atoms with van der Waals surface area (Å²) in [4.78, 5) is 1.48. The van der Waals surface area contributed by atoms with Gasteiger partial charge in [-0.3, -0.25) is 4.83 Å². The van der Waals surface area contributed by atoms with Crippen LogP contribution in [0.2, 0.25) is 0 Å². The van der Waals surface area contributed by atoms with Gasteiger partial charge in [-0.25, -0.2) is 0 Å². The van der Waals surface area contributed by atoms with E-state index in [1.54, 1.807) is 0 Å². The van der Waals surface area contributed by atoms with Crippen molar-refractivity contribution in [1.82, 2.24) is 0 Å². The molecule has 1 aliphatic carbocycles. The molecule has 1 fully saturated rings. The predicted molar refractivity (Wildman–Crippen MR) is 26.0 cm³/mol. The summed E-state index contributed by atoms with van der Waals surface area (Å²) in [6.07, 6.45) is 1.31. The summed E-state index contributed by atoms with van der Waals surface area (Å²) in [5.74, 6) is 0.884. The zero-order valence-corrected chi connectivity index (χ0v) is 5.75. The smallest absolute Gasteiger partial charge is 0.317 e. The third-order valence-corrected chi connectivity index (χ3v) is 1.98. The number of rotatable bonds is 0. The van der Waals surface area contributed by atoms with Crippen LogP contribution in [-0.2, 0) is 0 Å². The van der Waals surface area contributed by atoms with Crippen LogP contribution in [0.4, 0.5) is 0 Å². The first-order valence-electron chi connectivity index (χ1n) is 1.82. The molecule has 0 aromatic carbocycles. The van der Waals surface area contributed by atoms with Crippen molar-refractivity contribution in [2.24, 2.45) is 5.92 Å². The van der Waals surface area contributed by atoms with E-state index in [9.17, 15) is 0 Å². The minimum atomic E-state index is 0. The van der Waals surface area contributed by atoms with E-state index in [-0.39, 0.29) is 18.9 Å². The molecule has 0 saturated heterocycles. The van der Waals surface area contributed by atoms with Gasteiger partial charge in [0.2, 0.25) is 0 Å². The average molecular weight is 141 g/mol. The molecule has 0 aromatic heterocycles. The predicted octanol–water partition coefficient (Wildman–Crippen LogP) is -1.04. The Bertz CT molecular complexity index is 40.8. The molecule has 1 unspecified atom stereocenters. The second kappa shape index (κ2) is 2.40. The number of hydrogen-bond acceptors (Lipinski definition) is 0. The van der Waals surface area contributed by atoms with Crippen LogP contribution < -0.4 is 18.9 Å². The van der Waals surface area contributed by atoms with E-state index in [2.05, 4.69) is 22.9 Å². The van der Waals surface area contributed by atoms with E-state index in [1.807, 2.05) is 0 Å². The Morgan fingerprint density at radius 3 is 2.00 bits per heavy atom. The molecule has 0 nitrogen and oxygen atoms in total. The van der Waals surface area contributed by atoms with Gasteiger partial charge in [0.15, 0.2) is 0 Å². The minimum absolute atomic E-state index is 0. The van der Waals surface area contributed by atoms with Crippen LogP contribution in [-0.4, -0.2) is 0 Å². The molecule has 1 saturated carbocycles. The average Bonchev–Trinajstić information content (AvgIpc) is 1.79. The molecule has 2 heteroatoms. The monoisotopic (exact) mass is 140 g/mol. The van der Waals surface area contributed by atoms with Gasteiger partial charge >= 0.3 is 18.9 Å². The van der Waals surface area contributed by atoms with Crippen molar-refractivity contribution in [3.05, 3.63) is 4.83 Å². The van der Waals surface area contributed by atoms with E-state index in [0.29, 0.717) is 0 Å². The maximum Gasteiger partial charge on any atom is 1.00 e. The molecule has 0 N–H and O–H groups in total. The molecule has 30 valence electrons. The van der Waals surface area contributed by atoms with E-state index in [1.165, 1.54) is 11.2 Å². The second-order valence-corrected chi connectivity index (χ2v) is 2.57. The maximum atomic E-state index is 3.36. The molecule has 0 amide bonds. The van der Waals surface area contributed by atoms with Crippen molar-refractivity contribution in [3.63, 3.8) is 0 Å². The van der Waals surface area contributed by atoms with Crippen molar-refractivity contribution >= 4 is 15.9 Å². The zero-order chi connectivity index (χ0) is 3.86. The fourth-order valence-corrected chi connectivity index (χ4v) is 0.719. The topological polar surface area (TPSA) is 0 Å². The molecule has 0 spiro atoms. The number of hydrogen-bond donors (Lipinski definition) is 0. The van der Waals surface area contributed by atoms with Gasteiger partial charge in [-0.1, -0.05) is 6.92 Å². The SMILES string of the molecule is CC1C[C-]1Br.[Li+]. The van der Waals surface area contributed by atoms with Crippen LogP contribution in [0.25, 0.3) is 0 Å². The maximum absolute atomic E-state index is 3.36. The second-order valence-electron chi connectivity index (χ2n) is 1.55. The summed E-state index contributed by atoms with van der Waals surface area (Å²) in [6.45, 7) is 2.21. The fraction of sp³-hybridized carbons (Fsp3) is 0.750. The Balaban J connectivity index is 0.000000250. The largest absolute Gasteiger partial charge is 1.00 e. The molecule has 0 aliphatic heterocycles.